The molecule has 0 fully saturated rings. The molecule has 2 aromatic heterocycles. The van der Waals surface area contributed by atoms with Crippen molar-refractivity contribution < 1.29 is 27.8 Å². The van der Waals surface area contributed by atoms with Gasteiger partial charge in [0.05, 0.1) is 21.0 Å². The normalized spacial score (nSPS) is 12.3. The number of halogens is 3. The van der Waals surface area contributed by atoms with E-state index >= 15 is 0 Å². The number of rotatable bonds is 7. The highest BCUT2D eigenvalue weighted by Crippen LogP contribution is 2.35. The molecule has 10 heteroatoms. The molecule has 0 spiro atoms. The van der Waals surface area contributed by atoms with Crippen molar-refractivity contribution in [3.8, 4) is 16.3 Å². The van der Waals surface area contributed by atoms with Crippen LogP contribution in [0, 0.1) is 6.92 Å². The average Bonchev–Trinajstić information content (AvgIpc) is 3.35. The molecule has 0 unspecified atom stereocenters. The standard InChI is InChI=1S/C24H21F3N2O3S2/c1-13-17(34-21(28-13)14-7-9-15(10-8-14)24(25,26)27)11-12-19-29-20-16(5-4-6-18(20)33-19)32-23(2,3)22(30)31/h4-10H,11-12H2,1-3H3,(H,30,31). The summed E-state index contributed by atoms with van der Waals surface area (Å²) in [5.74, 6) is -0.643. The summed E-state index contributed by atoms with van der Waals surface area (Å²) in [6.45, 7) is 4.86. The smallest absolute Gasteiger partial charge is 0.416 e. The van der Waals surface area contributed by atoms with Crippen molar-refractivity contribution in [1.82, 2.24) is 9.97 Å². The Bertz CT molecular complexity index is 1340. The lowest BCUT2D eigenvalue weighted by Gasteiger charge is -2.21. The molecule has 0 atom stereocenters. The highest BCUT2D eigenvalue weighted by Gasteiger charge is 2.31. The second-order valence-electron chi connectivity index (χ2n) is 8.23. The third-order valence-corrected chi connectivity index (χ3v) is 7.57. The van der Waals surface area contributed by atoms with Gasteiger partial charge in [0.25, 0.3) is 0 Å². The number of aryl methyl sites for hydroxylation is 3. The lowest BCUT2D eigenvalue weighted by molar-refractivity contribution is -0.152. The van der Waals surface area contributed by atoms with Crippen LogP contribution >= 0.6 is 22.7 Å². The summed E-state index contributed by atoms with van der Waals surface area (Å²) in [6, 6.07) is 10.5. The number of carboxylic acid groups (broad SMARTS) is 1. The quantitative estimate of drug-likeness (QED) is 0.299. The first-order valence-electron chi connectivity index (χ1n) is 10.4. The molecular weight excluding hydrogens is 485 g/mol. The first-order valence-corrected chi connectivity index (χ1v) is 12.0. The first kappa shape index (κ1) is 24.2. The van der Waals surface area contributed by atoms with Gasteiger partial charge in [-0.25, -0.2) is 14.8 Å². The molecule has 1 N–H and O–H groups in total. The number of nitrogens with zero attached hydrogens (tertiary/aromatic N) is 2. The van der Waals surface area contributed by atoms with Crippen LogP contribution in [0.4, 0.5) is 13.2 Å². The maximum Gasteiger partial charge on any atom is 0.416 e. The van der Waals surface area contributed by atoms with E-state index in [0.717, 1.165) is 32.4 Å². The van der Waals surface area contributed by atoms with E-state index in [0.29, 0.717) is 34.7 Å². The molecule has 0 radical (unpaired) electrons. The van der Waals surface area contributed by atoms with Crippen molar-refractivity contribution in [3.05, 3.63) is 63.6 Å². The summed E-state index contributed by atoms with van der Waals surface area (Å²) < 4.78 is 45.1. The Morgan fingerprint density at radius 3 is 2.38 bits per heavy atom. The van der Waals surface area contributed by atoms with Crippen LogP contribution in [0.15, 0.2) is 42.5 Å². The minimum Gasteiger partial charge on any atom is -0.478 e. The third kappa shape index (κ3) is 5.07. The van der Waals surface area contributed by atoms with Gasteiger partial charge in [-0.1, -0.05) is 18.2 Å². The van der Waals surface area contributed by atoms with Crippen molar-refractivity contribution in [3.63, 3.8) is 0 Å². The van der Waals surface area contributed by atoms with Gasteiger partial charge in [0.1, 0.15) is 16.3 Å². The maximum absolute atomic E-state index is 12.8. The second-order valence-corrected chi connectivity index (χ2v) is 10.4. The van der Waals surface area contributed by atoms with E-state index in [1.54, 1.807) is 12.1 Å². The molecule has 178 valence electrons. The number of ether oxygens (including phenoxy) is 1. The number of fused-ring (bicyclic) bond motifs is 1. The first-order chi connectivity index (χ1) is 15.9. The van der Waals surface area contributed by atoms with Gasteiger partial charge >= 0.3 is 12.1 Å². The highest BCUT2D eigenvalue weighted by atomic mass is 32.1. The van der Waals surface area contributed by atoms with Crippen molar-refractivity contribution in [2.75, 3.05) is 0 Å². The molecule has 0 amide bonds. The SMILES string of the molecule is Cc1nc(-c2ccc(C(F)(F)F)cc2)sc1CCc1nc2c(OC(C)(C)C(=O)O)cccc2s1. The predicted octanol–water partition coefficient (Wildman–Crippen LogP) is 6.77. The topological polar surface area (TPSA) is 72.3 Å². The van der Waals surface area contributed by atoms with Crippen LogP contribution in [0.3, 0.4) is 0 Å². The fourth-order valence-electron chi connectivity index (χ4n) is 3.28. The summed E-state index contributed by atoms with van der Waals surface area (Å²) in [5, 5.41) is 10.9. The van der Waals surface area contributed by atoms with Gasteiger partial charge in [-0.15, -0.1) is 22.7 Å². The van der Waals surface area contributed by atoms with E-state index < -0.39 is 23.3 Å². The van der Waals surface area contributed by atoms with E-state index in [2.05, 4.69) is 9.97 Å². The molecule has 0 saturated carbocycles. The number of aromatic nitrogens is 2. The fourth-order valence-corrected chi connectivity index (χ4v) is 5.33. The predicted molar refractivity (Wildman–Crippen MR) is 127 cm³/mol. The Hall–Kier alpha value is -2.98. The number of carboxylic acids is 1. The molecule has 2 aromatic carbocycles. The number of hydrogen-bond donors (Lipinski definition) is 1. The van der Waals surface area contributed by atoms with E-state index in [4.69, 9.17) is 4.74 Å². The molecule has 0 bridgehead atoms. The number of benzene rings is 2. The number of thiazole rings is 2. The summed E-state index contributed by atoms with van der Waals surface area (Å²) in [5.41, 5.74) is 0.0503. The van der Waals surface area contributed by atoms with Crippen LogP contribution < -0.4 is 4.74 Å². The van der Waals surface area contributed by atoms with Crippen LogP contribution in [0.2, 0.25) is 0 Å². The number of carbonyl (C=O) groups is 1. The number of hydrogen-bond acceptors (Lipinski definition) is 6. The van der Waals surface area contributed by atoms with Crippen LogP contribution in [0.25, 0.3) is 20.8 Å². The zero-order valence-electron chi connectivity index (χ0n) is 18.6. The summed E-state index contributed by atoms with van der Waals surface area (Å²) >= 11 is 2.98. The monoisotopic (exact) mass is 506 g/mol. The van der Waals surface area contributed by atoms with Crippen molar-refractivity contribution in [2.45, 2.75) is 45.4 Å². The zero-order valence-corrected chi connectivity index (χ0v) is 20.2. The summed E-state index contributed by atoms with van der Waals surface area (Å²) in [6.07, 6.45) is -3.04. The summed E-state index contributed by atoms with van der Waals surface area (Å²) in [7, 11) is 0. The Morgan fingerprint density at radius 2 is 1.74 bits per heavy atom. The molecule has 0 saturated heterocycles. The zero-order chi connectivity index (χ0) is 24.7. The Morgan fingerprint density at radius 1 is 1.03 bits per heavy atom. The van der Waals surface area contributed by atoms with Crippen LogP contribution in [0.5, 0.6) is 5.75 Å². The molecule has 34 heavy (non-hydrogen) atoms. The number of aliphatic carboxylic acids is 1. The molecule has 2 heterocycles. The average molecular weight is 507 g/mol. The molecular formula is C24H21F3N2O3S2. The van der Waals surface area contributed by atoms with Gasteiger partial charge < -0.3 is 9.84 Å². The minimum absolute atomic E-state index is 0.422. The maximum atomic E-state index is 12.8. The Balaban J connectivity index is 1.51. The summed E-state index contributed by atoms with van der Waals surface area (Å²) in [4.78, 5) is 21.7. The fraction of sp³-hybridized carbons (Fsp3) is 0.292. The van der Waals surface area contributed by atoms with E-state index in [-0.39, 0.29) is 0 Å². The van der Waals surface area contributed by atoms with Crippen molar-refractivity contribution >= 4 is 38.9 Å². The van der Waals surface area contributed by atoms with Crippen LogP contribution in [0.1, 0.15) is 35.0 Å². The van der Waals surface area contributed by atoms with Gasteiger partial charge in [0, 0.05) is 16.9 Å². The Kier molecular flexibility index (Phi) is 6.39. The van der Waals surface area contributed by atoms with Gasteiger partial charge in [-0.2, -0.15) is 13.2 Å². The lowest BCUT2D eigenvalue weighted by atomic mass is 10.1. The molecule has 4 aromatic rings. The van der Waals surface area contributed by atoms with E-state index in [1.807, 2.05) is 13.0 Å². The van der Waals surface area contributed by atoms with Gasteiger partial charge in [-0.05, 0) is 51.5 Å². The molecule has 0 aliphatic rings. The van der Waals surface area contributed by atoms with Crippen LogP contribution in [-0.2, 0) is 23.8 Å². The molecule has 4 rings (SSSR count). The van der Waals surface area contributed by atoms with Gasteiger partial charge in [0.15, 0.2) is 5.60 Å². The van der Waals surface area contributed by atoms with Crippen LogP contribution in [-0.4, -0.2) is 26.6 Å². The Labute approximate surface area is 201 Å². The largest absolute Gasteiger partial charge is 0.478 e. The van der Waals surface area contributed by atoms with Crippen molar-refractivity contribution in [1.29, 1.82) is 0 Å². The second kappa shape index (κ2) is 8.99. The van der Waals surface area contributed by atoms with Gasteiger partial charge in [0.2, 0.25) is 0 Å². The lowest BCUT2D eigenvalue weighted by Crippen LogP contribution is -2.37. The van der Waals surface area contributed by atoms with Crippen molar-refractivity contribution in [2.24, 2.45) is 0 Å². The number of alkyl halides is 3. The number of para-hydroxylation sites is 1. The molecule has 0 aliphatic carbocycles. The molecule has 5 nitrogen and oxygen atoms in total. The van der Waals surface area contributed by atoms with E-state index in [1.165, 1.54) is 48.7 Å². The third-order valence-electron chi connectivity index (χ3n) is 5.22. The highest BCUT2D eigenvalue weighted by molar-refractivity contribution is 7.18. The van der Waals surface area contributed by atoms with Gasteiger partial charge in [-0.3, -0.25) is 0 Å². The van der Waals surface area contributed by atoms with E-state index in [9.17, 15) is 23.1 Å². The minimum atomic E-state index is -4.37. The molecule has 0 aliphatic heterocycles.